The molecule has 1 unspecified atom stereocenters. The third-order valence-electron chi connectivity index (χ3n) is 5.74. The molecule has 3 heterocycles. The first-order chi connectivity index (χ1) is 13.8. The Morgan fingerprint density at radius 1 is 1.29 bits per heavy atom. The number of benzene rings is 1. The predicted octanol–water partition coefficient (Wildman–Crippen LogP) is 4.62. The average molecular weight is 377 g/mol. The number of carbonyl (C=O) groups is 1. The summed E-state index contributed by atoms with van der Waals surface area (Å²) in [5.74, 6) is 0.893. The summed E-state index contributed by atoms with van der Waals surface area (Å²) in [6.45, 7) is 3.80. The van der Waals surface area contributed by atoms with Crippen LogP contribution in [-0.2, 0) is 6.42 Å². The molecule has 1 fully saturated rings. The first kappa shape index (κ1) is 18.5. The number of fused-ring (bicyclic) bond motifs is 1. The molecule has 5 nitrogen and oxygen atoms in total. The third-order valence-corrected chi connectivity index (χ3v) is 5.74. The lowest BCUT2D eigenvalue weighted by atomic mass is 9.99. The van der Waals surface area contributed by atoms with E-state index in [-0.39, 0.29) is 5.91 Å². The van der Waals surface area contributed by atoms with Crippen LogP contribution >= 0.6 is 0 Å². The molecule has 28 heavy (non-hydrogen) atoms. The number of pyridine rings is 1. The molecule has 1 aliphatic rings. The van der Waals surface area contributed by atoms with Crippen molar-refractivity contribution in [1.82, 2.24) is 14.9 Å². The Morgan fingerprint density at radius 3 is 3.07 bits per heavy atom. The Balaban J connectivity index is 1.40. The summed E-state index contributed by atoms with van der Waals surface area (Å²) in [5.41, 5.74) is 3.18. The first-order valence-electron chi connectivity index (χ1n) is 10.3. The number of nitrogens with one attached hydrogen (secondary N) is 2. The highest BCUT2D eigenvalue weighted by Crippen LogP contribution is 2.22. The van der Waals surface area contributed by atoms with Gasteiger partial charge in [0.1, 0.15) is 5.82 Å². The molecule has 5 heteroatoms. The summed E-state index contributed by atoms with van der Waals surface area (Å²) < 4.78 is 0. The van der Waals surface area contributed by atoms with Gasteiger partial charge >= 0.3 is 0 Å². The predicted molar refractivity (Wildman–Crippen MR) is 114 cm³/mol. The Bertz CT molecular complexity index is 948. The second kappa shape index (κ2) is 8.46. The fourth-order valence-electron chi connectivity index (χ4n) is 4.18. The molecule has 0 saturated carbocycles. The van der Waals surface area contributed by atoms with Crippen LogP contribution in [0.3, 0.4) is 0 Å². The summed E-state index contributed by atoms with van der Waals surface area (Å²) in [7, 11) is 0. The number of hydrogen-bond donors (Lipinski definition) is 2. The summed E-state index contributed by atoms with van der Waals surface area (Å²) in [6.07, 6.45) is 9.15. The molecule has 1 atom stereocenters. The van der Waals surface area contributed by atoms with Crippen LogP contribution in [0.4, 0.5) is 5.82 Å². The van der Waals surface area contributed by atoms with Crippen LogP contribution in [0, 0.1) is 0 Å². The summed E-state index contributed by atoms with van der Waals surface area (Å²) in [6, 6.07) is 12.4. The molecule has 146 valence electrons. The third kappa shape index (κ3) is 3.88. The molecule has 3 aromatic rings. The maximum absolute atomic E-state index is 13.0. The van der Waals surface area contributed by atoms with Gasteiger partial charge in [0, 0.05) is 48.0 Å². The molecule has 1 aliphatic heterocycles. The van der Waals surface area contributed by atoms with Gasteiger partial charge in [-0.2, -0.15) is 0 Å². The van der Waals surface area contributed by atoms with Crippen molar-refractivity contribution in [2.24, 2.45) is 0 Å². The van der Waals surface area contributed by atoms with Crippen LogP contribution in [0.15, 0.2) is 48.8 Å². The van der Waals surface area contributed by atoms with Crippen molar-refractivity contribution in [1.29, 1.82) is 0 Å². The summed E-state index contributed by atoms with van der Waals surface area (Å²) >= 11 is 0. The molecule has 2 aromatic heterocycles. The Labute approximate surface area is 166 Å². The molecule has 0 spiro atoms. The normalized spacial score (nSPS) is 17.0. The summed E-state index contributed by atoms with van der Waals surface area (Å²) in [5, 5.41) is 4.64. The number of carbonyl (C=O) groups excluding carboxylic acids is 1. The maximum Gasteiger partial charge on any atom is 0.254 e. The number of rotatable bonds is 6. The highest BCUT2D eigenvalue weighted by Gasteiger charge is 2.26. The smallest absolute Gasteiger partial charge is 0.254 e. The second-order valence-corrected chi connectivity index (χ2v) is 7.52. The van der Waals surface area contributed by atoms with Crippen molar-refractivity contribution in [3.05, 3.63) is 59.9 Å². The van der Waals surface area contributed by atoms with Crippen LogP contribution in [0.1, 0.15) is 48.5 Å². The van der Waals surface area contributed by atoms with Gasteiger partial charge in [-0.25, -0.2) is 4.98 Å². The second-order valence-electron chi connectivity index (χ2n) is 7.52. The van der Waals surface area contributed by atoms with E-state index in [9.17, 15) is 4.79 Å². The van der Waals surface area contributed by atoms with Gasteiger partial charge in [-0.15, -0.1) is 0 Å². The Kier molecular flexibility index (Phi) is 5.60. The molecular weight excluding hydrogens is 348 g/mol. The fourth-order valence-corrected chi connectivity index (χ4v) is 4.18. The molecule has 0 aliphatic carbocycles. The van der Waals surface area contributed by atoms with E-state index in [1.54, 1.807) is 6.20 Å². The van der Waals surface area contributed by atoms with E-state index in [4.69, 9.17) is 0 Å². The molecule has 1 saturated heterocycles. The van der Waals surface area contributed by atoms with Crippen LogP contribution in [-0.4, -0.2) is 39.9 Å². The van der Waals surface area contributed by atoms with Gasteiger partial charge in [0.2, 0.25) is 0 Å². The lowest BCUT2D eigenvalue weighted by Crippen LogP contribution is -2.43. The van der Waals surface area contributed by atoms with Crippen molar-refractivity contribution in [2.45, 2.75) is 45.1 Å². The molecule has 0 bridgehead atoms. The SMILES string of the molecule is CCC1CCCCN1C(=O)c1ccnc(NCCc2c[nH]c3ccccc23)c1. The molecule has 4 rings (SSSR count). The molecule has 0 radical (unpaired) electrons. The number of anilines is 1. The van der Waals surface area contributed by atoms with Gasteiger partial charge in [0.05, 0.1) is 0 Å². The topological polar surface area (TPSA) is 61.0 Å². The van der Waals surface area contributed by atoms with Crippen LogP contribution < -0.4 is 5.32 Å². The number of amides is 1. The Morgan fingerprint density at radius 2 is 2.18 bits per heavy atom. The van der Waals surface area contributed by atoms with Crippen molar-refractivity contribution in [2.75, 3.05) is 18.4 Å². The minimum atomic E-state index is 0.133. The van der Waals surface area contributed by atoms with Gasteiger partial charge in [0.15, 0.2) is 0 Å². The number of aromatic amines is 1. The first-order valence-corrected chi connectivity index (χ1v) is 10.3. The lowest BCUT2D eigenvalue weighted by Gasteiger charge is -2.35. The molecular formula is C23H28N4O. The van der Waals surface area contributed by atoms with E-state index in [0.29, 0.717) is 6.04 Å². The maximum atomic E-state index is 13.0. The minimum absolute atomic E-state index is 0.133. The van der Waals surface area contributed by atoms with Crippen molar-refractivity contribution < 1.29 is 4.79 Å². The van der Waals surface area contributed by atoms with E-state index in [0.717, 1.165) is 55.7 Å². The quantitative estimate of drug-likeness (QED) is 0.660. The van der Waals surface area contributed by atoms with Gasteiger partial charge in [0.25, 0.3) is 5.91 Å². The van der Waals surface area contributed by atoms with Gasteiger partial charge < -0.3 is 15.2 Å². The zero-order valence-corrected chi connectivity index (χ0v) is 16.4. The summed E-state index contributed by atoms with van der Waals surface area (Å²) in [4.78, 5) is 22.8. The Hall–Kier alpha value is -2.82. The highest BCUT2D eigenvalue weighted by atomic mass is 16.2. The van der Waals surface area contributed by atoms with Crippen molar-refractivity contribution in [3.8, 4) is 0 Å². The van der Waals surface area contributed by atoms with Crippen molar-refractivity contribution in [3.63, 3.8) is 0 Å². The molecule has 1 aromatic carbocycles. The zero-order chi connectivity index (χ0) is 19.3. The van der Waals surface area contributed by atoms with Crippen LogP contribution in [0.2, 0.25) is 0 Å². The van der Waals surface area contributed by atoms with Crippen LogP contribution in [0.5, 0.6) is 0 Å². The monoisotopic (exact) mass is 376 g/mol. The number of likely N-dealkylation sites (tertiary alicyclic amines) is 1. The van der Waals surface area contributed by atoms with E-state index in [2.05, 4.69) is 51.5 Å². The van der Waals surface area contributed by atoms with Gasteiger partial charge in [-0.3, -0.25) is 4.79 Å². The van der Waals surface area contributed by atoms with E-state index >= 15 is 0 Å². The standard InChI is InChI=1S/C23H28N4O/c1-2-19-7-5-6-14-27(19)23(28)17-10-12-24-22(15-17)25-13-11-18-16-26-21-9-4-3-8-20(18)21/h3-4,8-10,12,15-16,19,26H,2,5-7,11,13-14H2,1H3,(H,24,25). The molecule has 1 amide bonds. The number of piperidine rings is 1. The highest BCUT2D eigenvalue weighted by molar-refractivity contribution is 5.95. The minimum Gasteiger partial charge on any atom is -0.370 e. The van der Waals surface area contributed by atoms with E-state index < -0.39 is 0 Å². The number of H-pyrrole nitrogens is 1. The zero-order valence-electron chi connectivity index (χ0n) is 16.4. The van der Waals surface area contributed by atoms with Crippen molar-refractivity contribution >= 4 is 22.6 Å². The number of aromatic nitrogens is 2. The van der Waals surface area contributed by atoms with E-state index in [1.807, 2.05) is 18.2 Å². The number of hydrogen-bond acceptors (Lipinski definition) is 3. The fraction of sp³-hybridized carbons (Fsp3) is 0.391. The van der Waals surface area contributed by atoms with E-state index in [1.165, 1.54) is 17.4 Å². The number of para-hydroxylation sites is 1. The average Bonchev–Trinajstić information content (AvgIpc) is 3.16. The largest absolute Gasteiger partial charge is 0.370 e. The number of nitrogens with zero attached hydrogens (tertiary/aromatic N) is 2. The lowest BCUT2D eigenvalue weighted by molar-refractivity contribution is 0.0608. The molecule has 2 N–H and O–H groups in total. The van der Waals surface area contributed by atoms with Crippen LogP contribution in [0.25, 0.3) is 10.9 Å². The van der Waals surface area contributed by atoms with Gasteiger partial charge in [-0.05, 0) is 55.9 Å². The van der Waals surface area contributed by atoms with Gasteiger partial charge in [-0.1, -0.05) is 25.1 Å².